The highest BCUT2D eigenvalue weighted by Gasteiger charge is 2.20. The summed E-state index contributed by atoms with van der Waals surface area (Å²) >= 11 is 0. The molecule has 0 fully saturated rings. The van der Waals surface area contributed by atoms with Crippen LogP contribution in [0.5, 0.6) is 0 Å². The minimum absolute atomic E-state index is 0.188. The molecule has 5 N–H and O–H groups in total. The number of carbonyl (C=O) groups excluding carboxylic acids is 2. The molecular weight excluding hydrogens is 258 g/mol. The normalized spacial score (nSPS) is 13.7. The van der Waals surface area contributed by atoms with Crippen LogP contribution in [0.15, 0.2) is 12.5 Å². The van der Waals surface area contributed by atoms with Crippen LogP contribution in [-0.2, 0) is 16.0 Å². The number of hydrogen-bond acceptors (Lipinski definition) is 5. The van der Waals surface area contributed by atoms with Crippen molar-refractivity contribution in [3.8, 4) is 0 Å². The molecule has 1 rings (SSSR count). The number of unbranched alkanes of at least 4 members (excludes halogenated alkanes) is 1. The Morgan fingerprint density at radius 3 is 2.90 bits per heavy atom. The Bertz CT molecular complexity index is 393. The first-order chi connectivity index (χ1) is 9.71. The number of H-pyrrole nitrogens is 1. The number of nitrogens with one attached hydrogen (secondary N) is 3. The summed E-state index contributed by atoms with van der Waals surface area (Å²) in [4.78, 5) is 30.0. The van der Waals surface area contributed by atoms with E-state index in [1.165, 1.54) is 0 Å². The predicted molar refractivity (Wildman–Crippen MR) is 76.0 cm³/mol. The maximum Gasteiger partial charge on any atom is 0.238 e. The van der Waals surface area contributed by atoms with Crippen molar-refractivity contribution in [2.75, 3.05) is 13.6 Å². The molecule has 112 valence electrons. The van der Waals surface area contributed by atoms with Crippen molar-refractivity contribution >= 4 is 12.2 Å². The maximum absolute atomic E-state index is 12.1. The van der Waals surface area contributed by atoms with Crippen LogP contribution >= 0.6 is 0 Å². The van der Waals surface area contributed by atoms with Gasteiger partial charge < -0.3 is 26.1 Å². The lowest BCUT2D eigenvalue weighted by atomic mass is 10.1. The number of nitrogens with two attached hydrogens (primary N) is 1. The highest BCUT2D eigenvalue weighted by molar-refractivity contribution is 5.84. The number of carbonyl (C=O) groups is 2. The van der Waals surface area contributed by atoms with E-state index in [0.29, 0.717) is 19.4 Å². The van der Waals surface area contributed by atoms with Gasteiger partial charge in [-0.3, -0.25) is 4.79 Å². The van der Waals surface area contributed by atoms with Crippen LogP contribution in [0.3, 0.4) is 0 Å². The fourth-order valence-corrected chi connectivity index (χ4v) is 1.91. The van der Waals surface area contributed by atoms with Gasteiger partial charge in [0, 0.05) is 18.3 Å². The number of imidazole rings is 1. The Labute approximate surface area is 118 Å². The first-order valence-corrected chi connectivity index (χ1v) is 6.81. The Morgan fingerprint density at radius 1 is 1.55 bits per heavy atom. The predicted octanol–water partition coefficient (Wildman–Crippen LogP) is -0.647. The zero-order chi connectivity index (χ0) is 14.8. The largest absolute Gasteiger partial charge is 0.348 e. The number of nitrogens with zero attached hydrogens (tertiary/aromatic N) is 1. The first-order valence-electron chi connectivity index (χ1n) is 6.81. The number of rotatable bonds is 10. The average Bonchev–Trinajstić information content (AvgIpc) is 2.96. The molecule has 20 heavy (non-hydrogen) atoms. The first kappa shape index (κ1) is 16.3. The van der Waals surface area contributed by atoms with E-state index < -0.39 is 12.1 Å². The third kappa shape index (κ3) is 5.50. The van der Waals surface area contributed by atoms with Crippen LogP contribution in [0, 0.1) is 0 Å². The molecule has 0 aliphatic rings. The molecule has 7 heteroatoms. The molecular formula is C13H23N5O2. The van der Waals surface area contributed by atoms with Crippen LogP contribution in [0.2, 0.25) is 0 Å². The second-order valence-electron chi connectivity index (χ2n) is 4.66. The number of likely N-dealkylation sites (N-methyl/N-ethyl adjacent to an activating group) is 1. The van der Waals surface area contributed by atoms with Crippen molar-refractivity contribution < 1.29 is 9.59 Å². The van der Waals surface area contributed by atoms with Crippen molar-refractivity contribution in [3.05, 3.63) is 18.2 Å². The molecule has 1 aromatic heterocycles. The summed E-state index contributed by atoms with van der Waals surface area (Å²) in [5.74, 6) is -0.188. The average molecular weight is 281 g/mol. The summed E-state index contributed by atoms with van der Waals surface area (Å²) < 4.78 is 0. The lowest BCUT2D eigenvalue weighted by Crippen LogP contribution is -2.48. The van der Waals surface area contributed by atoms with Crippen molar-refractivity contribution in [1.29, 1.82) is 0 Å². The Balaban J connectivity index is 2.46. The quantitative estimate of drug-likeness (QED) is 0.336. The van der Waals surface area contributed by atoms with E-state index in [-0.39, 0.29) is 5.91 Å². The van der Waals surface area contributed by atoms with E-state index in [9.17, 15) is 9.59 Å². The molecule has 7 nitrogen and oxygen atoms in total. The summed E-state index contributed by atoms with van der Waals surface area (Å²) in [5, 5.41) is 5.69. The molecule has 0 radical (unpaired) electrons. The second-order valence-corrected chi connectivity index (χ2v) is 4.66. The Hall–Kier alpha value is -1.73. The summed E-state index contributed by atoms with van der Waals surface area (Å²) in [6.45, 7) is 0.596. The molecule has 0 unspecified atom stereocenters. The molecule has 2 atom stereocenters. The van der Waals surface area contributed by atoms with Gasteiger partial charge >= 0.3 is 0 Å². The highest BCUT2D eigenvalue weighted by Crippen LogP contribution is 2.02. The summed E-state index contributed by atoms with van der Waals surface area (Å²) in [6.07, 6.45) is 6.81. The van der Waals surface area contributed by atoms with Gasteiger partial charge in [-0.15, -0.1) is 0 Å². The van der Waals surface area contributed by atoms with E-state index in [0.717, 1.165) is 24.8 Å². The van der Waals surface area contributed by atoms with Gasteiger partial charge in [-0.25, -0.2) is 4.98 Å². The lowest BCUT2D eigenvalue weighted by Gasteiger charge is -2.18. The molecule has 0 aliphatic heterocycles. The van der Waals surface area contributed by atoms with E-state index in [1.54, 1.807) is 19.6 Å². The smallest absolute Gasteiger partial charge is 0.238 e. The van der Waals surface area contributed by atoms with Gasteiger partial charge in [0.15, 0.2) is 0 Å². The van der Waals surface area contributed by atoms with Crippen LogP contribution in [0.25, 0.3) is 0 Å². The molecule has 1 amide bonds. The van der Waals surface area contributed by atoms with Crippen molar-refractivity contribution in [2.24, 2.45) is 5.73 Å². The summed E-state index contributed by atoms with van der Waals surface area (Å²) in [7, 11) is 1.71. The van der Waals surface area contributed by atoms with Crippen molar-refractivity contribution in [3.63, 3.8) is 0 Å². The highest BCUT2D eigenvalue weighted by atomic mass is 16.2. The number of amides is 1. The van der Waals surface area contributed by atoms with Gasteiger partial charge in [0.05, 0.1) is 18.4 Å². The summed E-state index contributed by atoms with van der Waals surface area (Å²) in [5.41, 5.74) is 6.27. The molecule has 0 spiro atoms. The van der Waals surface area contributed by atoms with Gasteiger partial charge in [0.25, 0.3) is 0 Å². The molecule has 0 aromatic carbocycles. The number of aldehydes is 1. The van der Waals surface area contributed by atoms with E-state index in [1.807, 2.05) is 0 Å². The van der Waals surface area contributed by atoms with Crippen LogP contribution in [0.4, 0.5) is 0 Å². The minimum Gasteiger partial charge on any atom is -0.348 e. The third-order valence-corrected chi connectivity index (χ3v) is 3.11. The number of hydrogen-bond donors (Lipinski definition) is 4. The molecule has 1 aromatic rings. The zero-order valence-corrected chi connectivity index (χ0v) is 11.8. The van der Waals surface area contributed by atoms with Gasteiger partial charge in [-0.2, -0.15) is 0 Å². The van der Waals surface area contributed by atoms with Gasteiger partial charge in [0.2, 0.25) is 5.91 Å². The van der Waals surface area contributed by atoms with Gasteiger partial charge in [-0.1, -0.05) is 0 Å². The standard InChI is InChI=1S/C13H23N5O2/c1-15-12(6-11-7-16-9-17-11)13(20)18-10(8-19)4-2-3-5-14/h7-10,12,15H,2-6,14H2,1H3,(H,16,17)(H,18,20)/t10-,12-/m0/s1. The molecule has 0 aliphatic carbocycles. The SMILES string of the molecule is CN[C@@H](Cc1cnc[nH]1)C(=O)N[C@H](C=O)CCCCN. The molecule has 0 saturated carbocycles. The lowest BCUT2D eigenvalue weighted by molar-refractivity contribution is -0.125. The van der Waals surface area contributed by atoms with Gasteiger partial charge in [0.1, 0.15) is 6.29 Å². The summed E-state index contributed by atoms with van der Waals surface area (Å²) in [6, 6.07) is -0.848. The van der Waals surface area contributed by atoms with Gasteiger partial charge in [-0.05, 0) is 32.9 Å². The van der Waals surface area contributed by atoms with Crippen LogP contribution in [0.1, 0.15) is 25.0 Å². The zero-order valence-electron chi connectivity index (χ0n) is 11.8. The third-order valence-electron chi connectivity index (χ3n) is 3.11. The van der Waals surface area contributed by atoms with E-state index in [4.69, 9.17) is 5.73 Å². The Morgan fingerprint density at radius 2 is 2.35 bits per heavy atom. The number of aromatic nitrogens is 2. The fraction of sp³-hybridized carbons (Fsp3) is 0.615. The van der Waals surface area contributed by atoms with Crippen LogP contribution < -0.4 is 16.4 Å². The van der Waals surface area contributed by atoms with Crippen LogP contribution in [-0.4, -0.2) is 47.8 Å². The second kappa shape index (κ2) is 9.22. The monoisotopic (exact) mass is 281 g/mol. The van der Waals surface area contributed by atoms with Crippen molar-refractivity contribution in [2.45, 2.75) is 37.8 Å². The minimum atomic E-state index is -0.452. The molecule has 0 bridgehead atoms. The fourth-order valence-electron chi connectivity index (χ4n) is 1.91. The number of aromatic amines is 1. The van der Waals surface area contributed by atoms with E-state index in [2.05, 4.69) is 20.6 Å². The molecule has 1 heterocycles. The van der Waals surface area contributed by atoms with E-state index >= 15 is 0 Å². The van der Waals surface area contributed by atoms with Crippen molar-refractivity contribution in [1.82, 2.24) is 20.6 Å². The molecule has 0 saturated heterocycles. The topological polar surface area (TPSA) is 113 Å². The Kier molecular flexibility index (Phi) is 7.52. The maximum atomic E-state index is 12.1.